The van der Waals surface area contributed by atoms with E-state index in [1.807, 2.05) is 6.92 Å². The molecule has 5 nitrogen and oxygen atoms in total. The number of hydrogen-bond donors (Lipinski definition) is 0. The van der Waals surface area contributed by atoms with Gasteiger partial charge in [0.15, 0.2) is 11.5 Å². The number of carbonyl (C=O) groups excluding carboxylic acids is 2. The molecule has 0 spiro atoms. The zero-order valence-corrected chi connectivity index (χ0v) is 21.4. The van der Waals surface area contributed by atoms with Gasteiger partial charge in [-0.05, 0) is 78.9 Å². The molecule has 0 unspecified atom stereocenters. The lowest BCUT2D eigenvalue weighted by Gasteiger charge is -2.25. The van der Waals surface area contributed by atoms with E-state index in [0.29, 0.717) is 51.1 Å². The maximum atomic E-state index is 13.5. The Morgan fingerprint density at radius 1 is 1.12 bits per heavy atom. The molecule has 1 aliphatic heterocycles. The Morgan fingerprint density at radius 2 is 1.88 bits per heavy atom. The molecule has 0 N–H and O–H groups in total. The van der Waals surface area contributed by atoms with Gasteiger partial charge in [-0.25, -0.2) is 4.39 Å². The van der Waals surface area contributed by atoms with Crippen LogP contribution in [0.3, 0.4) is 0 Å². The summed E-state index contributed by atoms with van der Waals surface area (Å²) in [6.45, 7) is 2.98. The summed E-state index contributed by atoms with van der Waals surface area (Å²) in [5.41, 5.74) is 1.42. The van der Waals surface area contributed by atoms with E-state index < -0.39 is 0 Å². The van der Waals surface area contributed by atoms with E-state index >= 15 is 0 Å². The zero-order valence-electron chi connectivity index (χ0n) is 19.0. The summed E-state index contributed by atoms with van der Waals surface area (Å²) in [4.78, 5) is 27.3. The smallest absolute Gasteiger partial charge is 0.293 e. The summed E-state index contributed by atoms with van der Waals surface area (Å²) >= 11 is 4.52. The molecule has 2 aromatic rings. The minimum Gasteiger partial charge on any atom is -0.490 e. The van der Waals surface area contributed by atoms with Crippen molar-refractivity contribution >= 4 is 44.9 Å². The first kappa shape index (κ1) is 24.8. The average Bonchev–Trinajstić information content (AvgIpc) is 3.08. The van der Waals surface area contributed by atoms with Crippen LogP contribution in [0.25, 0.3) is 6.08 Å². The molecule has 1 heterocycles. The number of thioether (sulfide) groups is 1. The van der Waals surface area contributed by atoms with Gasteiger partial charge in [0.25, 0.3) is 11.1 Å². The fourth-order valence-electron chi connectivity index (χ4n) is 4.26. The second-order valence-corrected chi connectivity index (χ2v) is 10.3. The van der Waals surface area contributed by atoms with Crippen LogP contribution in [0.1, 0.15) is 50.2 Å². The predicted molar refractivity (Wildman–Crippen MR) is 135 cm³/mol. The van der Waals surface area contributed by atoms with Crippen LogP contribution in [0.4, 0.5) is 9.18 Å². The first-order valence-electron chi connectivity index (χ1n) is 11.5. The summed E-state index contributed by atoms with van der Waals surface area (Å²) < 4.78 is 25.8. The normalized spacial score (nSPS) is 18.1. The summed E-state index contributed by atoms with van der Waals surface area (Å²) in [6, 6.07) is 9.78. The van der Waals surface area contributed by atoms with Crippen molar-refractivity contribution in [3.05, 3.63) is 62.7 Å². The maximum absolute atomic E-state index is 13.5. The predicted octanol–water partition coefficient (Wildman–Crippen LogP) is 7.18. The highest BCUT2D eigenvalue weighted by Crippen LogP contribution is 2.39. The second-order valence-electron chi connectivity index (χ2n) is 8.47. The first-order chi connectivity index (χ1) is 16.4. The third kappa shape index (κ3) is 6.02. The molecule has 34 heavy (non-hydrogen) atoms. The van der Waals surface area contributed by atoms with Crippen LogP contribution in [0.15, 0.2) is 45.8 Å². The molecule has 1 saturated heterocycles. The van der Waals surface area contributed by atoms with E-state index in [2.05, 4.69) is 15.9 Å². The zero-order chi connectivity index (χ0) is 24.1. The largest absolute Gasteiger partial charge is 0.490 e. The Balaban J connectivity index is 1.52. The molecule has 4 rings (SSSR count). The summed E-state index contributed by atoms with van der Waals surface area (Å²) in [5, 5.41) is -0.210. The van der Waals surface area contributed by atoms with Gasteiger partial charge in [0.05, 0.1) is 11.5 Å². The highest BCUT2D eigenvalue weighted by atomic mass is 79.9. The average molecular weight is 548 g/mol. The number of imide groups is 1. The monoisotopic (exact) mass is 547 g/mol. The van der Waals surface area contributed by atoms with Crippen LogP contribution in [-0.2, 0) is 11.4 Å². The molecule has 0 radical (unpaired) electrons. The van der Waals surface area contributed by atoms with Crippen LogP contribution in [0, 0.1) is 11.7 Å². The molecule has 1 saturated carbocycles. The summed E-state index contributed by atoms with van der Waals surface area (Å²) in [7, 11) is 0. The molecule has 2 aliphatic rings. The lowest BCUT2D eigenvalue weighted by atomic mass is 9.89. The van der Waals surface area contributed by atoms with E-state index in [4.69, 9.17) is 9.47 Å². The number of ether oxygens (including phenoxy) is 2. The highest BCUT2D eigenvalue weighted by molar-refractivity contribution is 9.10. The van der Waals surface area contributed by atoms with Crippen LogP contribution >= 0.6 is 27.7 Å². The molecule has 2 fully saturated rings. The van der Waals surface area contributed by atoms with Crippen molar-refractivity contribution in [1.82, 2.24) is 4.90 Å². The molecule has 1 aliphatic carbocycles. The third-order valence-electron chi connectivity index (χ3n) is 5.97. The standard InChI is InChI=1S/C26H27BrFNO4S/c1-2-32-22-12-19(21(27)14-23(22)33-16-18-9-6-10-20(28)11-18)13-24-25(30)29(26(31)34-24)15-17-7-4-3-5-8-17/h6,9-14,17H,2-5,7-8,15-16H2,1H3/b24-13+. The molecule has 2 amide bonds. The van der Waals surface area contributed by atoms with Gasteiger partial charge in [0, 0.05) is 11.0 Å². The summed E-state index contributed by atoms with van der Waals surface area (Å²) in [6.07, 6.45) is 7.42. The number of carbonyl (C=O) groups is 2. The van der Waals surface area contributed by atoms with Crippen molar-refractivity contribution in [2.24, 2.45) is 5.92 Å². The number of nitrogens with zero attached hydrogens (tertiary/aromatic N) is 1. The van der Waals surface area contributed by atoms with E-state index in [1.165, 1.54) is 23.5 Å². The molecule has 2 aromatic carbocycles. The maximum Gasteiger partial charge on any atom is 0.293 e. The van der Waals surface area contributed by atoms with Crippen molar-refractivity contribution < 1.29 is 23.5 Å². The number of rotatable bonds is 8. The Bertz CT molecular complexity index is 1100. The van der Waals surface area contributed by atoms with Crippen LogP contribution in [-0.4, -0.2) is 29.2 Å². The van der Waals surface area contributed by atoms with Gasteiger partial charge in [-0.15, -0.1) is 0 Å². The molecular formula is C26H27BrFNO4S. The van der Waals surface area contributed by atoms with E-state index in [-0.39, 0.29) is 23.6 Å². The lowest BCUT2D eigenvalue weighted by Crippen LogP contribution is -2.34. The van der Waals surface area contributed by atoms with Crippen LogP contribution in [0.5, 0.6) is 11.5 Å². The van der Waals surface area contributed by atoms with Crippen molar-refractivity contribution in [3.8, 4) is 11.5 Å². The molecule has 0 aromatic heterocycles. The van der Waals surface area contributed by atoms with Crippen molar-refractivity contribution in [2.45, 2.75) is 45.6 Å². The fourth-order valence-corrected chi connectivity index (χ4v) is 5.53. The molecule has 8 heteroatoms. The highest BCUT2D eigenvalue weighted by Gasteiger charge is 2.36. The molecule has 180 valence electrons. The topological polar surface area (TPSA) is 55.8 Å². The van der Waals surface area contributed by atoms with Crippen LogP contribution < -0.4 is 9.47 Å². The number of hydrogen-bond acceptors (Lipinski definition) is 5. The molecular weight excluding hydrogens is 521 g/mol. The van der Waals surface area contributed by atoms with Gasteiger partial charge in [-0.1, -0.05) is 47.3 Å². The van der Waals surface area contributed by atoms with Crippen molar-refractivity contribution in [3.63, 3.8) is 0 Å². The van der Waals surface area contributed by atoms with Crippen LogP contribution in [0.2, 0.25) is 0 Å². The van der Waals surface area contributed by atoms with Crippen molar-refractivity contribution in [2.75, 3.05) is 13.2 Å². The Labute approximate surface area is 211 Å². The number of benzene rings is 2. The molecule has 0 atom stereocenters. The Morgan fingerprint density at radius 3 is 2.62 bits per heavy atom. The van der Waals surface area contributed by atoms with Gasteiger partial charge in [0.1, 0.15) is 12.4 Å². The van der Waals surface area contributed by atoms with Gasteiger partial charge >= 0.3 is 0 Å². The van der Waals surface area contributed by atoms with Gasteiger partial charge in [-0.3, -0.25) is 14.5 Å². The third-order valence-corrected chi connectivity index (χ3v) is 7.57. The fraction of sp³-hybridized carbons (Fsp3) is 0.385. The number of halogens is 2. The SMILES string of the molecule is CCOc1cc(/C=C2/SC(=O)N(CC3CCCCC3)C2=O)c(Br)cc1OCc1cccc(F)c1. The summed E-state index contributed by atoms with van der Waals surface area (Å²) in [5.74, 6) is 0.847. The van der Waals surface area contributed by atoms with Gasteiger partial charge in [-0.2, -0.15) is 0 Å². The number of amides is 2. The second kappa shape index (κ2) is 11.4. The minimum atomic E-state index is -0.319. The van der Waals surface area contributed by atoms with Gasteiger partial charge in [0.2, 0.25) is 0 Å². The van der Waals surface area contributed by atoms with Gasteiger partial charge < -0.3 is 9.47 Å². The quantitative estimate of drug-likeness (QED) is 0.327. The van der Waals surface area contributed by atoms with Crippen molar-refractivity contribution in [1.29, 1.82) is 0 Å². The lowest BCUT2D eigenvalue weighted by molar-refractivity contribution is -0.123. The minimum absolute atomic E-state index is 0.184. The van der Waals surface area contributed by atoms with E-state index in [1.54, 1.807) is 30.3 Å². The Hall–Kier alpha value is -2.32. The molecule has 0 bridgehead atoms. The van der Waals surface area contributed by atoms with E-state index in [9.17, 15) is 14.0 Å². The first-order valence-corrected chi connectivity index (χ1v) is 13.1. The Kier molecular flexibility index (Phi) is 8.32. The van der Waals surface area contributed by atoms with E-state index in [0.717, 1.165) is 37.4 Å².